The molecule has 0 spiro atoms. The fraction of sp³-hybridized carbons (Fsp3) is 0.167. The minimum Gasteiger partial charge on any atom is -0.493 e. The summed E-state index contributed by atoms with van der Waals surface area (Å²) in [5, 5.41) is 15.0. The molecule has 0 aliphatic heterocycles. The highest BCUT2D eigenvalue weighted by Crippen LogP contribution is 2.30. The van der Waals surface area contributed by atoms with Gasteiger partial charge in [0.05, 0.1) is 20.4 Å². The third-order valence-electron chi connectivity index (χ3n) is 3.58. The van der Waals surface area contributed by atoms with Crippen molar-refractivity contribution in [2.75, 3.05) is 24.9 Å². The van der Waals surface area contributed by atoms with E-state index in [-0.39, 0.29) is 0 Å². The maximum absolute atomic E-state index is 5.89. The molecular formula is C18H18ClN5O2. The van der Waals surface area contributed by atoms with Crippen molar-refractivity contribution >= 4 is 29.1 Å². The van der Waals surface area contributed by atoms with Crippen molar-refractivity contribution in [1.29, 1.82) is 0 Å². The van der Waals surface area contributed by atoms with Crippen LogP contribution < -0.4 is 20.1 Å². The molecule has 0 atom stereocenters. The normalized spacial score (nSPS) is 10.3. The third kappa shape index (κ3) is 4.52. The molecule has 0 saturated heterocycles. The Balaban J connectivity index is 1.68. The Morgan fingerprint density at radius 2 is 1.77 bits per heavy atom. The lowest BCUT2D eigenvalue weighted by Crippen LogP contribution is -2.06. The fourth-order valence-corrected chi connectivity index (χ4v) is 2.41. The molecule has 134 valence electrons. The van der Waals surface area contributed by atoms with Gasteiger partial charge in [-0.25, -0.2) is 0 Å². The zero-order valence-corrected chi connectivity index (χ0v) is 15.1. The van der Waals surface area contributed by atoms with Gasteiger partial charge in [-0.1, -0.05) is 23.7 Å². The van der Waals surface area contributed by atoms with Crippen LogP contribution in [0.5, 0.6) is 11.5 Å². The first-order valence-electron chi connectivity index (χ1n) is 7.85. The molecule has 0 radical (unpaired) electrons. The number of aromatic nitrogens is 3. The van der Waals surface area contributed by atoms with E-state index in [1.54, 1.807) is 20.4 Å². The van der Waals surface area contributed by atoms with Gasteiger partial charge in [-0.05, 0) is 29.8 Å². The quantitative estimate of drug-likeness (QED) is 0.651. The molecule has 8 heteroatoms. The Hall–Kier alpha value is -3.06. The molecule has 3 rings (SSSR count). The van der Waals surface area contributed by atoms with Gasteiger partial charge in [0.25, 0.3) is 0 Å². The number of rotatable bonds is 7. The number of hydrogen-bond donors (Lipinski definition) is 2. The van der Waals surface area contributed by atoms with Crippen LogP contribution in [0.25, 0.3) is 0 Å². The van der Waals surface area contributed by atoms with Crippen LogP contribution in [0.4, 0.5) is 17.5 Å². The lowest BCUT2D eigenvalue weighted by atomic mass is 10.2. The molecule has 0 aliphatic rings. The number of halogens is 1. The Kier molecular flexibility index (Phi) is 5.70. The van der Waals surface area contributed by atoms with Crippen LogP contribution in [-0.4, -0.2) is 29.4 Å². The maximum atomic E-state index is 5.89. The average Bonchev–Trinajstić information content (AvgIpc) is 2.68. The van der Waals surface area contributed by atoms with Crippen molar-refractivity contribution in [1.82, 2.24) is 15.2 Å². The molecule has 7 nitrogen and oxygen atoms in total. The van der Waals surface area contributed by atoms with Crippen molar-refractivity contribution in [2.24, 2.45) is 0 Å². The van der Waals surface area contributed by atoms with Crippen molar-refractivity contribution in [3.8, 4) is 11.5 Å². The lowest BCUT2D eigenvalue weighted by Gasteiger charge is -2.11. The van der Waals surface area contributed by atoms with Gasteiger partial charge in [-0.2, -0.15) is 10.1 Å². The van der Waals surface area contributed by atoms with E-state index in [1.165, 1.54) is 0 Å². The van der Waals surface area contributed by atoms with Gasteiger partial charge in [0, 0.05) is 23.3 Å². The van der Waals surface area contributed by atoms with Crippen LogP contribution >= 0.6 is 11.6 Å². The predicted molar refractivity (Wildman–Crippen MR) is 101 cm³/mol. The highest BCUT2D eigenvalue weighted by molar-refractivity contribution is 6.30. The first-order valence-corrected chi connectivity index (χ1v) is 8.23. The second-order valence-corrected chi connectivity index (χ2v) is 5.78. The minimum atomic E-state index is 0.422. The van der Waals surface area contributed by atoms with Gasteiger partial charge >= 0.3 is 0 Å². The van der Waals surface area contributed by atoms with Gasteiger partial charge in [0.1, 0.15) is 0 Å². The molecule has 26 heavy (non-hydrogen) atoms. The summed E-state index contributed by atoms with van der Waals surface area (Å²) in [5.41, 5.74) is 1.86. The van der Waals surface area contributed by atoms with Gasteiger partial charge in [0.15, 0.2) is 17.3 Å². The summed E-state index contributed by atoms with van der Waals surface area (Å²) in [7, 11) is 3.19. The van der Waals surface area contributed by atoms with Crippen LogP contribution in [0.3, 0.4) is 0 Å². The largest absolute Gasteiger partial charge is 0.493 e. The van der Waals surface area contributed by atoms with Crippen molar-refractivity contribution in [3.05, 3.63) is 59.2 Å². The van der Waals surface area contributed by atoms with Crippen LogP contribution in [0.15, 0.2) is 48.7 Å². The van der Waals surface area contributed by atoms with E-state index in [9.17, 15) is 0 Å². The smallest absolute Gasteiger partial charge is 0.244 e. The van der Waals surface area contributed by atoms with Gasteiger partial charge in [-0.15, -0.1) is 5.10 Å². The van der Waals surface area contributed by atoms with E-state index < -0.39 is 0 Å². The topological polar surface area (TPSA) is 81.2 Å². The van der Waals surface area contributed by atoms with Gasteiger partial charge < -0.3 is 20.1 Å². The van der Waals surface area contributed by atoms with E-state index in [4.69, 9.17) is 21.1 Å². The van der Waals surface area contributed by atoms with Crippen LogP contribution in [-0.2, 0) is 6.54 Å². The molecule has 0 bridgehead atoms. The highest BCUT2D eigenvalue weighted by atomic mass is 35.5. The van der Waals surface area contributed by atoms with Crippen molar-refractivity contribution in [2.45, 2.75) is 6.54 Å². The van der Waals surface area contributed by atoms with E-state index in [2.05, 4.69) is 25.8 Å². The van der Waals surface area contributed by atoms with E-state index in [0.29, 0.717) is 34.8 Å². The average molecular weight is 372 g/mol. The zero-order valence-electron chi connectivity index (χ0n) is 14.4. The minimum absolute atomic E-state index is 0.422. The Labute approximate surface area is 156 Å². The summed E-state index contributed by atoms with van der Waals surface area (Å²) in [6.07, 6.45) is 1.55. The molecule has 0 fully saturated rings. The predicted octanol–water partition coefficient (Wildman–Crippen LogP) is 3.90. The highest BCUT2D eigenvalue weighted by Gasteiger charge is 2.06. The first kappa shape index (κ1) is 17.8. The van der Waals surface area contributed by atoms with Gasteiger partial charge in [0.2, 0.25) is 5.95 Å². The molecule has 0 amide bonds. The molecular weight excluding hydrogens is 354 g/mol. The third-order valence-corrected chi connectivity index (χ3v) is 3.83. The Bertz CT molecular complexity index is 874. The van der Waals surface area contributed by atoms with E-state index in [1.807, 2.05) is 42.5 Å². The van der Waals surface area contributed by atoms with Crippen LogP contribution in [0.1, 0.15) is 5.56 Å². The summed E-state index contributed by atoms with van der Waals surface area (Å²) in [5.74, 6) is 2.26. The summed E-state index contributed by atoms with van der Waals surface area (Å²) < 4.78 is 10.5. The second-order valence-electron chi connectivity index (χ2n) is 5.34. The second kappa shape index (κ2) is 8.35. The van der Waals surface area contributed by atoms with Crippen molar-refractivity contribution < 1.29 is 9.47 Å². The first-order chi connectivity index (χ1) is 12.7. The van der Waals surface area contributed by atoms with Crippen LogP contribution in [0.2, 0.25) is 5.02 Å². The van der Waals surface area contributed by atoms with E-state index >= 15 is 0 Å². The van der Waals surface area contributed by atoms with E-state index in [0.717, 1.165) is 11.3 Å². The Morgan fingerprint density at radius 3 is 2.50 bits per heavy atom. The molecule has 0 saturated carbocycles. The molecule has 2 N–H and O–H groups in total. The zero-order chi connectivity index (χ0) is 18.4. The number of ether oxygens (including phenoxy) is 2. The molecule has 1 heterocycles. The molecule has 2 aromatic carbocycles. The number of nitrogens with zero attached hydrogens (tertiary/aromatic N) is 3. The number of benzene rings is 2. The standard InChI is InChI=1S/C18H18ClN5O2/c1-25-15-8-7-14(9-16(15)26-2)22-17-11-21-24-18(23-17)20-10-12-3-5-13(19)6-4-12/h3-9,11H,10H2,1-2H3,(H2,20,22,23,24). The summed E-state index contributed by atoms with van der Waals surface area (Å²) >= 11 is 5.89. The van der Waals surface area contributed by atoms with Crippen molar-refractivity contribution in [3.63, 3.8) is 0 Å². The molecule has 3 aromatic rings. The number of methoxy groups -OCH3 is 2. The fourth-order valence-electron chi connectivity index (χ4n) is 2.28. The van der Waals surface area contributed by atoms with Gasteiger partial charge in [-0.3, -0.25) is 0 Å². The Morgan fingerprint density at radius 1 is 1.00 bits per heavy atom. The summed E-state index contributed by atoms with van der Waals surface area (Å²) in [6.45, 7) is 0.568. The lowest BCUT2D eigenvalue weighted by molar-refractivity contribution is 0.355. The molecule has 1 aromatic heterocycles. The van der Waals surface area contributed by atoms with Crippen LogP contribution in [0, 0.1) is 0 Å². The molecule has 0 unspecified atom stereocenters. The summed E-state index contributed by atoms with van der Waals surface area (Å²) in [6, 6.07) is 13.1. The molecule has 0 aliphatic carbocycles. The number of anilines is 3. The number of nitrogens with one attached hydrogen (secondary N) is 2. The monoisotopic (exact) mass is 371 g/mol. The maximum Gasteiger partial charge on any atom is 0.244 e. The summed E-state index contributed by atoms with van der Waals surface area (Å²) in [4.78, 5) is 4.40. The number of hydrogen-bond acceptors (Lipinski definition) is 7. The SMILES string of the molecule is COc1ccc(Nc2cnnc(NCc3ccc(Cl)cc3)n2)cc1OC.